The lowest BCUT2D eigenvalue weighted by Gasteiger charge is -2.16. The number of nitrogens with one attached hydrogen (secondary N) is 1. The molecule has 174 valence electrons. The number of hydrogen-bond acceptors (Lipinski definition) is 6. The zero-order chi connectivity index (χ0) is 24.0. The van der Waals surface area contributed by atoms with Crippen molar-refractivity contribution in [1.82, 2.24) is 14.9 Å². The van der Waals surface area contributed by atoms with Gasteiger partial charge in [0.25, 0.3) is 5.56 Å². The summed E-state index contributed by atoms with van der Waals surface area (Å²) in [6.07, 6.45) is 0. The van der Waals surface area contributed by atoms with Gasteiger partial charge in [-0.05, 0) is 35.6 Å². The first-order valence-corrected chi connectivity index (χ1v) is 11.9. The van der Waals surface area contributed by atoms with Gasteiger partial charge in [-0.25, -0.2) is 9.78 Å². The zero-order valence-corrected chi connectivity index (χ0v) is 20.1. The molecule has 0 radical (unpaired) electrons. The summed E-state index contributed by atoms with van der Waals surface area (Å²) in [5.74, 6) is -0.0810. The smallest absolute Gasteiger partial charge is 0.337 e. The van der Waals surface area contributed by atoms with Crippen LogP contribution in [-0.2, 0) is 16.1 Å². The molecule has 0 bridgehead atoms. The Bertz CT molecular complexity index is 1190. The highest BCUT2D eigenvalue weighted by molar-refractivity contribution is 7.99. The van der Waals surface area contributed by atoms with Gasteiger partial charge in [-0.3, -0.25) is 14.2 Å². The molecule has 0 spiro atoms. The van der Waals surface area contributed by atoms with Gasteiger partial charge in [0.2, 0.25) is 5.91 Å². The van der Waals surface area contributed by atoms with Crippen LogP contribution in [0.5, 0.6) is 0 Å². The molecule has 0 aliphatic rings. The molecule has 3 rings (SSSR count). The molecule has 1 unspecified atom stereocenters. The molecule has 0 saturated heterocycles. The molecular formula is C25H29N3O4S. The van der Waals surface area contributed by atoms with Crippen molar-refractivity contribution in [3.05, 3.63) is 70.0 Å². The van der Waals surface area contributed by atoms with E-state index in [2.05, 4.69) is 17.2 Å². The molecule has 1 heterocycles. The van der Waals surface area contributed by atoms with Gasteiger partial charge < -0.3 is 10.1 Å². The molecule has 8 heteroatoms. The molecule has 1 amide bonds. The monoisotopic (exact) mass is 467 g/mol. The number of hydrogen-bond donors (Lipinski definition) is 1. The number of rotatable bonds is 9. The summed E-state index contributed by atoms with van der Waals surface area (Å²) in [5.41, 5.74) is 1.70. The van der Waals surface area contributed by atoms with Crippen LogP contribution in [0.2, 0.25) is 0 Å². The van der Waals surface area contributed by atoms with Gasteiger partial charge in [0.05, 0.1) is 29.3 Å². The molecule has 1 aromatic heterocycles. The number of thioether (sulfide) groups is 1. The van der Waals surface area contributed by atoms with Gasteiger partial charge in [0.1, 0.15) is 0 Å². The largest absolute Gasteiger partial charge is 0.465 e. The van der Waals surface area contributed by atoms with Crippen molar-refractivity contribution < 1.29 is 14.3 Å². The van der Waals surface area contributed by atoms with E-state index in [1.165, 1.54) is 18.9 Å². The maximum absolute atomic E-state index is 13.1. The molecule has 0 fully saturated rings. The predicted molar refractivity (Wildman–Crippen MR) is 131 cm³/mol. The number of methoxy groups -OCH3 is 1. The van der Waals surface area contributed by atoms with E-state index in [-0.39, 0.29) is 29.1 Å². The predicted octanol–water partition coefficient (Wildman–Crippen LogP) is 3.85. The van der Waals surface area contributed by atoms with Crippen LogP contribution in [0, 0.1) is 5.92 Å². The summed E-state index contributed by atoms with van der Waals surface area (Å²) in [6.45, 7) is 7.10. The molecule has 0 aliphatic heterocycles. The summed E-state index contributed by atoms with van der Waals surface area (Å²) in [7, 11) is 1.30. The number of amides is 1. The maximum Gasteiger partial charge on any atom is 0.337 e. The van der Waals surface area contributed by atoms with Crippen LogP contribution in [0.25, 0.3) is 10.9 Å². The fourth-order valence-corrected chi connectivity index (χ4v) is 4.27. The van der Waals surface area contributed by atoms with Crippen molar-refractivity contribution in [2.75, 3.05) is 19.4 Å². The van der Waals surface area contributed by atoms with Crippen molar-refractivity contribution in [3.8, 4) is 0 Å². The third-order valence-electron chi connectivity index (χ3n) is 5.20. The minimum Gasteiger partial charge on any atom is -0.465 e. The highest BCUT2D eigenvalue weighted by Crippen LogP contribution is 2.20. The number of carbonyl (C=O) groups is 2. The lowest BCUT2D eigenvalue weighted by atomic mass is 10.0. The summed E-state index contributed by atoms with van der Waals surface area (Å²) in [6, 6.07) is 14.7. The van der Waals surface area contributed by atoms with Gasteiger partial charge in [-0.15, -0.1) is 0 Å². The number of nitrogens with zero attached hydrogens (tertiary/aromatic N) is 2. The molecular weight excluding hydrogens is 438 g/mol. The van der Waals surface area contributed by atoms with Crippen LogP contribution in [-0.4, -0.2) is 40.8 Å². The molecule has 2 aromatic carbocycles. The number of benzene rings is 2. The topological polar surface area (TPSA) is 90.3 Å². The average molecular weight is 468 g/mol. The van der Waals surface area contributed by atoms with Crippen molar-refractivity contribution in [2.24, 2.45) is 5.92 Å². The molecule has 0 aliphatic carbocycles. The van der Waals surface area contributed by atoms with Gasteiger partial charge in [0, 0.05) is 13.1 Å². The molecule has 1 atom stereocenters. The molecule has 7 nitrogen and oxygen atoms in total. The summed E-state index contributed by atoms with van der Waals surface area (Å²) >= 11 is 1.22. The lowest BCUT2D eigenvalue weighted by molar-refractivity contribution is -0.118. The first kappa shape index (κ1) is 24.5. The van der Waals surface area contributed by atoms with E-state index < -0.39 is 5.97 Å². The quantitative estimate of drug-likeness (QED) is 0.292. The first-order chi connectivity index (χ1) is 15.8. The van der Waals surface area contributed by atoms with Crippen LogP contribution in [0.4, 0.5) is 0 Å². The minimum atomic E-state index is -0.494. The van der Waals surface area contributed by atoms with E-state index in [9.17, 15) is 14.4 Å². The van der Waals surface area contributed by atoms with Crippen LogP contribution in [0.1, 0.15) is 42.6 Å². The second-order valence-corrected chi connectivity index (χ2v) is 9.27. The van der Waals surface area contributed by atoms with Crippen LogP contribution >= 0.6 is 11.8 Å². The van der Waals surface area contributed by atoms with Gasteiger partial charge in [0.15, 0.2) is 5.16 Å². The Morgan fingerprint density at radius 1 is 1.12 bits per heavy atom. The summed E-state index contributed by atoms with van der Waals surface area (Å²) < 4.78 is 6.38. The Morgan fingerprint density at radius 3 is 2.52 bits per heavy atom. The van der Waals surface area contributed by atoms with E-state index in [1.807, 2.05) is 44.2 Å². The van der Waals surface area contributed by atoms with E-state index in [1.54, 1.807) is 22.8 Å². The number of aromatic nitrogens is 2. The average Bonchev–Trinajstić information content (AvgIpc) is 2.82. The third-order valence-corrected chi connectivity index (χ3v) is 6.17. The number of ether oxygens (including phenoxy) is 1. The standard InChI is InChI=1S/C25H29N3O4S/c1-16(2)14-28-23(30)20-11-10-19(24(31)32-4)12-21(20)27-25(28)33-15-22(29)26-13-17(3)18-8-6-5-7-9-18/h5-12,16-17H,13-15H2,1-4H3,(H,26,29). The molecule has 0 saturated carbocycles. The van der Waals surface area contributed by atoms with E-state index in [0.717, 1.165) is 5.56 Å². The lowest BCUT2D eigenvalue weighted by Crippen LogP contribution is -2.30. The first-order valence-electron chi connectivity index (χ1n) is 10.9. The SMILES string of the molecule is COC(=O)c1ccc2c(=O)n(CC(C)C)c(SCC(=O)NCC(C)c3ccccc3)nc2c1. The van der Waals surface area contributed by atoms with E-state index in [0.29, 0.717) is 34.7 Å². The fraction of sp³-hybridized carbons (Fsp3) is 0.360. The van der Waals surface area contributed by atoms with Crippen molar-refractivity contribution in [1.29, 1.82) is 0 Å². The highest BCUT2D eigenvalue weighted by atomic mass is 32.2. The van der Waals surface area contributed by atoms with Crippen LogP contribution < -0.4 is 10.9 Å². The maximum atomic E-state index is 13.1. The molecule has 33 heavy (non-hydrogen) atoms. The fourth-order valence-electron chi connectivity index (χ4n) is 3.43. The van der Waals surface area contributed by atoms with Gasteiger partial charge in [-0.2, -0.15) is 0 Å². The molecule has 1 N–H and O–H groups in total. The van der Waals surface area contributed by atoms with Crippen LogP contribution in [0.3, 0.4) is 0 Å². The number of esters is 1. The van der Waals surface area contributed by atoms with Gasteiger partial charge in [-0.1, -0.05) is 62.9 Å². The second kappa shape index (κ2) is 11.1. The highest BCUT2D eigenvalue weighted by Gasteiger charge is 2.16. The van der Waals surface area contributed by atoms with E-state index in [4.69, 9.17) is 4.74 Å². The molecule has 3 aromatic rings. The number of fused-ring (bicyclic) bond motifs is 1. The Kier molecular flexibility index (Phi) is 8.27. The normalized spacial score (nSPS) is 12.0. The second-order valence-electron chi connectivity index (χ2n) is 8.33. The van der Waals surface area contributed by atoms with E-state index >= 15 is 0 Å². The van der Waals surface area contributed by atoms with Crippen molar-refractivity contribution in [3.63, 3.8) is 0 Å². The van der Waals surface area contributed by atoms with Gasteiger partial charge >= 0.3 is 5.97 Å². The Balaban J connectivity index is 1.78. The summed E-state index contributed by atoms with van der Waals surface area (Å²) in [5, 5.41) is 3.84. The van der Waals surface area contributed by atoms with Crippen molar-refractivity contribution in [2.45, 2.75) is 38.4 Å². The minimum absolute atomic E-state index is 0.128. The Labute approximate surface area is 197 Å². The third kappa shape index (κ3) is 6.22. The summed E-state index contributed by atoms with van der Waals surface area (Å²) in [4.78, 5) is 42.2. The Morgan fingerprint density at radius 2 is 1.85 bits per heavy atom. The number of carbonyl (C=O) groups excluding carboxylic acids is 2. The van der Waals surface area contributed by atoms with Crippen LogP contribution in [0.15, 0.2) is 58.5 Å². The van der Waals surface area contributed by atoms with Crippen molar-refractivity contribution >= 4 is 34.5 Å². The zero-order valence-electron chi connectivity index (χ0n) is 19.3. The Hall–Kier alpha value is -3.13.